The molecule has 1 unspecified atom stereocenters. The minimum absolute atomic E-state index is 0.136. The van der Waals surface area contributed by atoms with E-state index in [9.17, 15) is 9.59 Å². The molecule has 0 aliphatic rings. The smallest absolute Gasteiger partial charge is 0.222 e. The van der Waals surface area contributed by atoms with Crippen LogP contribution in [0.25, 0.3) is 0 Å². The Morgan fingerprint density at radius 2 is 1.85 bits per heavy atom. The highest BCUT2D eigenvalue weighted by Gasteiger charge is 2.22. The third-order valence-electron chi connectivity index (χ3n) is 2.96. The number of hydrogen-bond donors (Lipinski definition) is 3. The first kappa shape index (κ1) is 16.2. The highest BCUT2D eigenvalue weighted by Crippen LogP contribution is 2.17. The van der Waals surface area contributed by atoms with Gasteiger partial charge in [0.15, 0.2) is 0 Å². The lowest BCUT2D eigenvalue weighted by atomic mass is 10.0. The van der Waals surface area contributed by atoms with E-state index in [0.29, 0.717) is 6.54 Å². The number of nitrogens with two attached hydrogens (primary N) is 1. The van der Waals surface area contributed by atoms with Gasteiger partial charge in [0.1, 0.15) is 0 Å². The predicted molar refractivity (Wildman–Crippen MR) is 78.9 cm³/mol. The normalized spacial score (nSPS) is 12.6. The molecule has 2 amide bonds. The molecule has 1 aromatic rings. The molecule has 110 valence electrons. The molecule has 0 aliphatic heterocycles. The van der Waals surface area contributed by atoms with E-state index in [2.05, 4.69) is 10.6 Å². The molecule has 5 heteroatoms. The fourth-order valence-electron chi connectivity index (χ4n) is 1.85. The van der Waals surface area contributed by atoms with Gasteiger partial charge in [-0.15, -0.1) is 0 Å². The van der Waals surface area contributed by atoms with Gasteiger partial charge in [0.2, 0.25) is 11.8 Å². The summed E-state index contributed by atoms with van der Waals surface area (Å²) in [6.07, 6.45) is 0.188. The maximum absolute atomic E-state index is 12.1. The van der Waals surface area contributed by atoms with Crippen molar-refractivity contribution in [1.29, 1.82) is 0 Å². The molecule has 0 spiro atoms. The molecule has 4 N–H and O–H groups in total. The maximum atomic E-state index is 12.1. The van der Waals surface area contributed by atoms with Gasteiger partial charge in [-0.1, -0.05) is 30.3 Å². The summed E-state index contributed by atoms with van der Waals surface area (Å²) in [7, 11) is 0. The Balaban J connectivity index is 2.76. The number of carbonyl (C=O) groups excluding carboxylic acids is 2. The fraction of sp³-hybridized carbons (Fsp3) is 0.467. The van der Waals surface area contributed by atoms with Crippen LogP contribution in [0.2, 0.25) is 0 Å². The zero-order valence-electron chi connectivity index (χ0n) is 12.3. The van der Waals surface area contributed by atoms with Crippen molar-refractivity contribution in [3.8, 4) is 0 Å². The van der Waals surface area contributed by atoms with Crippen LogP contribution < -0.4 is 16.4 Å². The van der Waals surface area contributed by atoms with Crippen LogP contribution in [0.4, 0.5) is 0 Å². The monoisotopic (exact) mass is 277 g/mol. The van der Waals surface area contributed by atoms with Gasteiger partial charge in [-0.3, -0.25) is 9.59 Å². The first-order chi connectivity index (χ1) is 9.34. The van der Waals surface area contributed by atoms with Gasteiger partial charge in [-0.2, -0.15) is 0 Å². The number of benzene rings is 1. The van der Waals surface area contributed by atoms with Crippen molar-refractivity contribution in [2.24, 2.45) is 5.73 Å². The van der Waals surface area contributed by atoms with Crippen molar-refractivity contribution in [2.75, 3.05) is 6.54 Å². The van der Waals surface area contributed by atoms with Crippen LogP contribution in [0, 0.1) is 0 Å². The summed E-state index contributed by atoms with van der Waals surface area (Å²) in [5, 5.41) is 5.66. The van der Waals surface area contributed by atoms with Crippen LogP contribution in [-0.4, -0.2) is 23.9 Å². The molecule has 0 radical (unpaired) electrons. The van der Waals surface area contributed by atoms with E-state index in [1.165, 1.54) is 6.92 Å². The summed E-state index contributed by atoms with van der Waals surface area (Å²) in [5.41, 5.74) is 6.05. The summed E-state index contributed by atoms with van der Waals surface area (Å²) in [6, 6.07) is 9.11. The van der Waals surface area contributed by atoms with Gasteiger partial charge < -0.3 is 16.4 Å². The lowest BCUT2D eigenvalue weighted by Gasteiger charge is -2.26. The van der Waals surface area contributed by atoms with Crippen molar-refractivity contribution in [1.82, 2.24) is 10.6 Å². The lowest BCUT2D eigenvalue weighted by molar-refractivity contribution is -0.124. The standard InChI is InChI=1S/C15H23N3O2/c1-11(19)17-13(12-7-5-4-6-8-12)9-14(20)18-15(2,3)10-16/h4-8,13H,9-10,16H2,1-3H3,(H,17,19)(H,18,20). The van der Waals surface area contributed by atoms with Crippen LogP contribution in [0.1, 0.15) is 38.8 Å². The lowest BCUT2D eigenvalue weighted by Crippen LogP contribution is -2.49. The summed E-state index contributed by atoms with van der Waals surface area (Å²) in [5.74, 6) is -0.298. The van der Waals surface area contributed by atoms with E-state index in [-0.39, 0.29) is 24.3 Å². The number of rotatable bonds is 6. The number of carbonyl (C=O) groups is 2. The minimum atomic E-state index is -0.450. The molecule has 20 heavy (non-hydrogen) atoms. The Labute approximate surface area is 119 Å². The highest BCUT2D eigenvalue weighted by atomic mass is 16.2. The van der Waals surface area contributed by atoms with Crippen LogP contribution >= 0.6 is 0 Å². The van der Waals surface area contributed by atoms with Gasteiger partial charge in [-0.05, 0) is 19.4 Å². The van der Waals surface area contributed by atoms with E-state index in [0.717, 1.165) is 5.56 Å². The fourth-order valence-corrected chi connectivity index (χ4v) is 1.85. The van der Waals surface area contributed by atoms with Crippen molar-refractivity contribution in [3.63, 3.8) is 0 Å². The molecule has 0 aliphatic carbocycles. The largest absolute Gasteiger partial charge is 0.350 e. The first-order valence-electron chi connectivity index (χ1n) is 6.67. The van der Waals surface area contributed by atoms with Gasteiger partial charge in [0.25, 0.3) is 0 Å². The SMILES string of the molecule is CC(=O)NC(CC(=O)NC(C)(C)CN)c1ccccc1. The molecule has 5 nitrogen and oxygen atoms in total. The average molecular weight is 277 g/mol. The highest BCUT2D eigenvalue weighted by molar-refractivity contribution is 5.79. The Kier molecular flexibility index (Phi) is 5.70. The van der Waals surface area contributed by atoms with E-state index < -0.39 is 5.54 Å². The molecule has 0 saturated heterocycles. The molecule has 1 rings (SSSR count). The molecule has 1 atom stereocenters. The molecule has 0 aromatic heterocycles. The second-order valence-corrected chi connectivity index (χ2v) is 5.50. The summed E-state index contributed by atoms with van der Waals surface area (Å²) < 4.78 is 0. The molecule has 1 aromatic carbocycles. The van der Waals surface area contributed by atoms with E-state index >= 15 is 0 Å². The third kappa shape index (κ3) is 5.40. The Morgan fingerprint density at radius 3 is 2.35 bits per heavy atom. The van der Waals surface area contributed by atoms with Gasteiger partial charge in [-0.25, -0.2) is 0 Å². The van der Waals surface area contributed by atoms with Gasteiger partial charge in [0, 0.05) is 19.0 Å². The molecular weight excluding hydrogens is 254 g/mol. The Morgan fingerprint density at radius 1 is 1.25 bits per heavy atom. The summed E-state index contributed by atoms with van der Waals surface area (Å²) in [6.45, 7) is 5.52. The second kappa shape index (κ2) is 7.05. The number of hydrogen-bond acceptors (Lipinski definition) is 3. The maximum Gasteiger partial charge on any atom is 0.222 e. The molecule has 0 heterocycles. The first-order valence-corrected chi connectivity index (χ1v) is 6.67. The number of nitrogens with one attached hydrogen (secondary N) is 2. The Bertz CT molecular complexity index is 457. The van der Waals surface area contributed by atoms with Gasteiger partial charge in [0.05, 0.1) is 12.5 Å². The van der Waals surface area contributed by atoms with Crippen LogP contribution in [0.15, 0.2) is 30.3 Å². The van der Waals surface area contributed by atoms with Crippen molar-refractivity contribution in [3.05, 3.63) is 35.9 Å². The Hall–Kier alpha value is -1.88. The molecule has 0 saturated carbocycles. The van der Waals surface area contributed by atoms with Crippen molar-refractivity contribution < 1.29 is 9.59 Å². The zero-order valence-corrected chi connectivity index (χ0v) is 12.3. The topological polar surface area (TPSA) is 84.2 Å². The molecule has 0 bridgehead atoms. The number of amides is 2. The summed E-state index contributed by atoms with van der Waals surface area (Å²) >= 11 is 0. The van der Waals surface area contributed by atoms with Gasteiger partial charge >= 0.3 is 0 Å². The van der Waals surface area contributed by atoms with Crippen LogP contribution in [-0.2, 0) is 9.59 Å². The van der Waals surface area contributed by atoms with Crippen molar-refractivity contribution >= 4 is 11.8 Å². The predicted octanol–water partition coefficient (Wildman–Crippen LogP) is 1.11. The molecular formula is C15H23N3O2. The zero-order chi connectivity index (χ0) is 15.2. The summed E-state index contributed by atoms with van der Waals surface area (Å²) in [4.78, 5) is 23.4. The van der Waals surface area contributed by atoms with Crippen LogP contribution in [0.5, 0.6) is 0 Å². The minimum Gasteiger partial charge on any atom is -0.350 e. The average Bonchev–Trinajstić information content (AvgIpc) is 2.38. The second-order valence-electron chi connectivity index (χ2n) is 5.50. The third-order valence-corrected chi connectivity index (χ3v) is 2.96. The van der Waals surface area contributed by atoms with Crippen molar-refractivity contribution in [2.45, 2.75) is 38.8 Å². The van der Waals surface area contributed by atoms with E-state index in [4.69, 9.17) is 5.73 Å². The van der Waals surface area contributed by atoms with E-state index in [1.807, 2.05) is 44.2 Å². The quantitative estimate of drug-likeness (QED) is 0.728. The molecule has 0 fully saturated rings. The van der Waals surface area contributed by atoms with Crippen LogP contribution in [0.3, 0.4) is 0 Å². The van der Waals surface area contributed by atoms with E-state index in [1.54, 1.807) is 0 Å².